The first kappa shape index (κ1) is 9.49. The molecule has 0 heterocycles. The van der Waals surface area contributed by atoms with Gasteiger partial charge in [-0.15, -0.1) is 0 Å². The van der Waals surface area contributed by atoms with Gasteiger partial charge in [0.25, 0.3) is 0 Å². The van der Waals surface area contributed by atoms with E-state index in [1.165, 1.54) is 0 Å². The third-order valence-corrected chi connectivity index (χ3v) is 1.86. The number of carbonyl (C=O) groups is 2. The molecule has 0 saturated heterocycles. The van der Waals surface area contributed by atoms with E-state index in [-0.39, 0.29) is 5.78 Å². The van der Waals surface area contributed by atoms with Crippen LogP contribution in [0.5, 0.6) is 0 Å². The van der Waals surface area contributed by atoms with E-state index in [0.29, 0.717) is 6.42 Å². The van der Waals surface area contributed by atoms with Gasteiger partial charge in [0, 0.05) is 6.42 Å². The lowest BCUT2D eigenvalue weighted by atomic mass is 10.2. The first-order chi connectivity index (χ1) is 4.63. The van der Waals surface area contributed by atoms with Crippen molar-refractivity contribution in [1.29, 1.82) is 0 Å². The number of alkyl halides is 1. The molecule has 1 unspecified atom stereocenters. The van der Waals surface area contributed by atoms with Gasteiger partial charge < -0.3 is 0 Å². The standard InChI is InChI=1S/C6H8BrO3/c1-3-4(8)5(7)6(9)10-2/h5H,2-3H2,1H3/q+1. The molecule has 0 aliphatic carbocycles. The van der Waals surface area contributed by atoms with Crippen molar-refractivity contribution in [1.82, 2.24) is 0 Å². The summed E-state index contributed by atoms with van der Waals surface area (Å²) >= 11 is 2.86. The van der Waals surface area contributed by atoms with Gasteiger partial charge in [0.2, 0.25) is 4.83 Å². The molecule has 10 heavy (non-hydrogen) atoms. The van der Waals surface area contributed by atoms with E-state index in [1.54, 1.807) is 6.92 Å². The lowest BCUT2D eigenvalue weighted by molar-refractivity contribution is -0.366. The fourth-order valence-corrected chi connectivity index (χ4v) is 0.840. The zero-order valence-corrected chi connectivity index (χ0v) is 7.18. The molecule has 0 aliphatic rings. The van der Waals surface area contributed by atoms with Crippen LogP contribution in [0, 0.1) is 0 Å². The van der Waals surface area contributed by atoms with Gasteiger partial charge in [0.1, 0.15) is 0 Å². The Morgan fingerprint density at radius 2 is 2.20 bits per heavy atom. The number of ketones is 1. The average Bonchev–Trinajstić information content (AvgIpc) is 2.00. The van der Waals surface area contributed by atoms with E-state index >= 15 is 0 Å². The minimum Gasteiger partial charge on any atom is -0.298 e. The Bertz CT molecular complexity index is 164. The first-order valence-corrected chi connectivity index (χ1v) is 3.67. The smallest absolute Gasteiger partial charge is 0.298 e. The van der Waals surface area contributed by atoms with Crippen LogP contribution in [-0.4, -0.2) is 23.4 Å². The predicted molar refractivity (Wildman–Crippen MR) is 40.1 cm³/mol. The minimum absolute atomic E-state index is 0.200. The van der Waals surface area contributed by atoms with Crippen LogP contribution >= 0.6 is 15.9 Å². The highest BCUT2D eigenvalue weighted by atomic mass is 79.9. The molecule has 0 amide bonds. The van der Waals surface area contributed by atoms with Crippen molar-refractivity contribution in [2.75, 3.05) is 0 Å². The highest BCUT2D eigenvalue weighted by molar-refractivity contribution is 9.10. The highest BCUT2D eigenvalue weighted by Crippen LogP contribution is 2.03. The molecule has 0 radical (unpaired) electrons. The molecule has 3 nitrogen and oxygen atoms in total. The number of Topliss-reactive ketones (excluding diaryl/α,β-unsaturated/α-hetero) is 1. The Morgan fingerprint density at radius 1 is 1.70 bits per heavy atom. The minimum atomic E-state index is -0.852. The van der Waals surface area contributed by atoms with E-state index < -0.39 is 10.8 Å². The van der Waals surface area contributed by atoms with Crippen molar-refractivity contribution in [3.8, 4) is 0 Å². The van der Waals surface area contributed by atoms with Crippen molar-refractivity contribution < 1.29 is 14.0 Å². The molecule has 0 aliphatic heterocycles. The summed E-state index contributed by atoms with van der Waals surface area (Å²) in [4.78, 5) is 20.4. The lowest BCUT2D eigenvalue weighted by Gasteiger charge is -1.91. The largest absolute Gasteiger partial charge is 0.600 e. The zero-order chi connectivity index (χ0) is 8.15. The normalized spacial score (nSPS) is 12.2. The van der Waals surface area contributed by atoms with E-state index in [1.807, 2.05) is 0 Å². The van der Waals surface area contributed by atoms with Crippen molar-refractivity contribution in [2.45, 2.75) is 18.2 Å². The van der Waals surface area contributed by atoms with E-state index in [0.717, 1.165) is 0 Å². The summed E-state index contributed by atoms with van der Waals surface area (Å²) in [5, 5.41) is 0. The molecule has 1 atom stereocenters. The van der Waals surface area contributed by atoms with Crippen molar-refractivity contribution in [3.05, 3.63) is 0 Å². The van der Waals surface area contributed by atoms with Gasteiger partial charge in [0.15, 0.2) is 12.6 Å². The summed E-state index contributed by atoms with van der Waals surface area (Å²) < 4.78 is 4.08. The molecular formula is C6H8BrO3+. The van der Waals surface area contributed by atoms with Crippen molar-refractivity contribution in [3.63, 3.8) is 0 Å². The maximum Gasteiger partial charge on any atom is 0.600 e. The first-order valence-electron chi connectivity index (χ1n) is 2.76. The second-order valence-electron chi connectivity index (χ2n) is 1.65. The summed E-state index contributed by atoms with van der Waals surface area (Å²) in [6.07, 6.45) is 0.311. The van der Waals surface area contributed by atoms with Crippen molar-refractivity contribution in [2.24, 2.45) is 0 Å². The summed E-state index contributed by atoms with van der Waals surface area (Å²) in [5.74, 6) is -0.847. The maximum atomic E-state index is 10.7. The molecule has 4 heteroatoms. The van der Waals surface area contributed by atoms with Crippen LogP contribution in [0.2, 0.25) is 0 Å². The Hall–Kier alpha value is -0.510. The number of carbonyl (C=O) groups excluding carboxylic acids is 3. The Kier molecular flexibility index (Phi) is 4.11. The quantitative estimate of drug-likeness (QED) is 0.387. The monoisotopic (exact) mass is 207 g/mol. The molecule has 0 spiro atoms. The van der Waals surface area contributed by atoms with Gasteiger partial charge in [-0.3, -0.25) is 9.22 Å². The fourth-order valence-electron chi connectivity index (χ4n) is 0.384. The van der Waals surface area contributed by atoms with Crippen LogP contribution in [0.3, 0.4) is 0 Å². The third kappa shape index (κ3) is 2.39. The molecule has 0 fully saturated rings. The molecule has 0 aromatic heterocycles. The van der Waals surface area contributed by atoms with Gasteiger partial charge >= 0.3 is 5.97 Å². The van der Waals surface area contributed by atoms with Gasteiger partial charge in [-0.1, -0.05) is 22.9 Å². The summed E-state index contributed by atoms with van der Waals surface area (Å²) in [6.45, 7) is 4.57. The van der Waals surface area contributed by atoms with Crippen LogP contribution in [0.25, 0.3) is 0 Å². The van der Waals surface area contributed by atoms with Crippen LogP contribution in [0.1, 0.15) is 13.3 Å². The Balaban J connectivity index is 4.06. The predicted octanol–water partition coefficient (Wildman–Crippen LogP) is 0.620. The summed E-state index contributed by atoms with van der Waals surface area (Å²) in [7, 11) is 0. The molecule has 0 aromatic rings. The van der Waals surface area contributed by atoms with E-state index in [4.69, 9.17) is 0 Å². The lowest BCUT2D eigenvalue weighted by Crippen LogP contribution is -2.23. The van der Waals surface area contributed by atoms with Crippen LogP contribution in [-0.2, 0) is 14.0 Å². The van der Waals surface area contributed by atoms with Gasteiger partial charge in [-0.05, 0) is 0 Å². The van der Waals surface area contributed by atoms with Crippen molar-refractivity contribution >= 4 is 34.5 Å². The maximum absolute atomic E-state index is 10.7. The SMILES string of the molecule is C=[O+]C(=O)C(Br)C(=O)CC. The average molecular weight is 208 g/mol. The van der Waals surface area contributed by atoms with E-state index in [9.17, 15) is 9.59 Å². The molecule has 56 valence electrons. The van der Waals surface area contributed by atoms with Crippen LogP contribution in [0.15, 0.2) is 0 Å². The summed E-state index contributed by atoms with van der Waals surface area (Å²) in [6, 6.07) is 0. The second kappa shape index (κ2) is 4.33. The Morgan fingerprint density at radius 3 is 2.50 bits per heavy atom. The fraction of sp³-hybridized carbons (Fsp3) is 0.500. The molecule has 0 N–H and O–H groups in total. The summed E-state index contributed by atoms with van der Waals surface area (Å²) in [5.41, 5.74) is 0. The topological polar surface area (TPSA) is 45.4 Å². The molecule has 0 rings (SSSR count). The number of halogens is 1. The van der Waals surface area contributed by atoms with Gasteiger partial charge in [-0.25, -0.2) is 0 Å². The molecule has 0 bridgehead atoms. The molecule has 0 saturated carbocycles. The highest BCUT2D eigenvalue weighted by Gasteiger charge is 2.31. The number of hydrogen-bond donors (Lipinski definition) is 0. The van der Waals surface area contributed by atoms with Crippen LogP contribution < -0.4 is 0 Å². The third-order valence-electron chi connectivity index (χ3n) is 0.980. The Labute approximate surface area is 67.2 Å². The van der Waals surface area contributed by atoms with Gasteiger partial charge in [-0.2, -0.15) is 0 Å². The van der Waals surface area contributed by atoms with E-state index in [2.05, 4.69) is 27.1 Å². The molecular weight excluding hydrogens is 200 g/mol. The number of rotatable bonds is 3. The second-order valence-corrected chi connectivity index (χ2v) is 2.56. The zero-order valence-electron chi connectivity index (χ0n) is 5.59. The van der Waals surface area contributed by atoms with Gasteiger partial charge in [0.05, 0.1) is 4.79 Å². The van der Waals surface area contributed by atoms with Crippen LogP contribution in [0.4, 0.5) is 0 Å². The number of hydrogen-bond acceptors (Lipinski definition) is 2. The molecule has 0 aromatic carbocycles.